The van der Waals surface area contributed by atoms with Crippen molar-refractivity contribution in [1.82, 2.24) is 0 Å². The quantitative estimate of drug-likeness (QED) is 0.682. The molecule has 0 aliphatic carbocycles. The van der Waals surface area contributed by atoms with E-state index in [0.717, 1.165) is 0 Å². The molecule has 1 heterocycles. The Morgan fingerprint density at radius 2 is 2.08 bits per heavy atom. The Morgan fingerprint density at radius 3 is 2.77 bits per heavy atom. The van der Waals surface area contributed by atoms with Gasteiger partial charge >= 0.3 is 0 Å². The summed E-state index contributed by atoms with van der Waals surface area (Å²) in [5, 5.41) is 0.789. The van der Waals surface area contributed by atoms with E-state index in [0.29, 0.717) is 25.8 Å². The molecule has 0 N–H and O–H groups in total. The van der Waals surface area contributed by atoms with E-state index in [4.69, 9.17) is 27.9 Å². The van der Waals surface area contributed by atoms with Gasteiger partial charge in [0.15, 0.2) is 12.4 Å². The van der Waals surface area contributed by atoms with Crippen molar-refractivity contribution in [2.75, 3.05) is 6.61 Å². The number of ketones is 1. The minimum atomic E-state index is -0.105. The average Bonchev–Trinajstić information content (AvgIpc) is 2.44. The van der Waals surface area contributed by atoms with Crippen molar-refractivity contribution in [3.8, 4) is 5.75 Å². The maximum Gasteiger partial charge on any atom is 0.205 e. The Balaban J connectivity index is 2.77. The third-order valence-electron chi connectivity index (χ3n) is 1.75. The molecule has 0 saturated heterocycles. The predicted octanol–water partition coefficient (Wildman–Crippen LogP) is 3.33. The van der Waals surface area contributed by atoms with E-state index < -0.39 is 0 Å². The van der Waals surface area contributed by atoms with Gasteiger partial charge in [0.25, 0.3) is 0 Å². The number of carbonyl (C=O) groups excluding carboxylic acids is 1. The van der Waals surface area contributed by atoms with Gasteiger partial charge in [-0.2, -0.15) is 0 Å². The molecule has 68 valence electrons. The van der Waals surface area contributed by atoms with E-state index >= 15 is 0 Å². The number of ether oxygens (including phenoxy) is 1. The summed E-state index contributed by atoms with van der Waals surface area (Å²) in [6.45, 7) is 0.0357. The van der Waals surface area contributed by atoms with Gasteiger partial charge in [-0.05, 0) is 22.0 Å². The Bertz CT molecular complexity index is 404. The van der Waals surface area contributed by atoms with Crippen LogP contribution in [0.5, 0.6) is 5.75 Å². The standard InChI is InChI=1S/C8H3BrCl2O2/c9-7-3(10)1-4(11)8-6(7)5(12)2-13-8/h1H,2H2. The van der Waals surface area contributed by atoms with Gasteiger partial charge in [-0.25, -0.2) is 0 Å². The number of fused-ring (bicyclic) bond motifs is 1. The van der Waals surface area contributed by atoms with Crippen molar-refractivity contribution in [2.45, 2.75) is 0 Å². The fourth-order valence-electron chi connectivity index (χ4n) is 1.18. The second kappa shape index (κ2) is 3.15. The molecule has 0 radical (unpaired) electrons. The SMILES string of the molecule is O=C1COc2c(Cl)cc(Cl)c(Br)c21. The zero-order valence-corrected chi connectivity index (χ0v) is 9.33. The molecule has 13 heavy (non-hydrogen) atoms. The van der Waals surface area contributed by atoms with Crippen molar-refractivity contribution in [3.05, 3.63) is 26.1 Å². The van der Waals surface area contributed by atoms with Crippen LogP contribution in [0.25, 0.3) is 0 Å². The van der Waals surface area contributed by atoms with Gasteiger partial charge in [0.1, 0.15) is 0 Å². The number of halogens is 3. The Kier molecular flexibility index (Phi) is 2.26. The molecule has 0 atom stereocenters. The molecular formula is C8H3BrCl2O2. The first-order chi connectivity index (χ1) is 6.11. The lowest BCUT2D eigenvalue weighted by atomic mass is 10.1. The Hall–Kier alpha value is -0.250. The minimum Gasteiger partial charge on any atom is -0.483 e. The molecule has 1 aromatic carbocycles. The fourth-order valence-corrected chi connectivity index (χ4v) is 2.21. The lowest BCUT2D eigenvalue weighted by molar-refractivity contribution is 0.0960. The van der Waals surface area contributed by atoms with Crippen LogP contribution in [0, 0.1) is 0 Å². The highest BCUT2D eigenvalue weighted by atomic mass is 79.9. The molecule has 0 saturated carbocycles. The molecule has 2 nitrogen and oxygen atoms in total. The van der Waals surface area contributed by atoms with Crippen molar-refractivity contribution in [2.24, 2.45) is 0 Å². The normalized spacial score (nSPS) is 14.2. The van der Waals surface area contributed by atoms with Crippen molar-refractivity contribution in [1.29, 1.82) is 0 Å². The summed E-state index contributed by atoms with van der Waals surface area (Å²) in [6, 6.07) is 1.55. The number of hydrogen-bond donors (Lipinski definition) is 0. The number of hydrogen-bond acceptors (Lipinski definition) is 2. The maximum atomic E-state index is 11.3. The molecule has 0 fully saturated rings. The lowest BCUT2D eigenvalue weighted by Gasteiger charge is -2.03. The third kappa shape index (κ3) is 1.35. The van der Waals surface area contributed by atoms with E-state index in [-0.39, 0.29) is 12.4 Å². The molecule has 1 aromatic rings. The van der Waals surface area contributed by atoms with Crippen LogP contribution in [0.15, 0.2) is 10.5 Å². The molecule has 0 unspecified atom stereocenters. The number of benzene rings is 1. The number of carbonyl (C=O) groups is 1. The lowest BCUT2D eigenvalue weighted by Crippen LogP contribution is -1.99. The van der Waals surface area contributed by atoms with E-state index in [1.807, 2.05) is 0 Å². The van der Waals surface area contributed by atoms with Crippen LogP contribution in [0.2, 0.25) is 10.0 Å². The van der Waals surface area contributed by atoms with E-state index in [1.165, 1.54) is 0 Å². The van der Waals surface area contributed by atoms with Crippen molar-refractivity contribution in [3.63, 3.8) is 0 Å². The first-order valence-corrected chi connectivity index (χ1v) is 4.99. The molecule has 1 aliphatic heterocycles. The van der Waals surface area contributed by atoms with Crippen molar-refractivity contribution >= 4 is 44.9 Å². The minimum absolute atomic E-state index is 0.0357. The molecule has 0 bridgehead atoms. The van der Waals surface area contributed by atoms with Gasteiger partial charge in [0.2, 0.25) is 5.78 Å². The highest BCUT2D eigenvalue weighted by molar-refractivity contribution is 9.10. The highest BCUT2D eigenvalue weighted by Gasteiger charge is 2.28. The Labute approximate surface area is 92.9 Å². The van der Waals surface area contributed by atoms with Gasteiger partial charge in [-0.3, -0.25) is 4.79 Å². The maximum absolute atomic E-state index is 11.3. The first-order valence-electron chi connectivity index (χ1n) is 3.44. The van der Waals surface area contributed by atoms with Crippen LogP contribution < -0.4 is 4.74 Å². The van der Waals surface area contributed by atoms with E-state index in [2.05, 4.69) is 15.9 Å². The molecule has 2 rings (SSSR count). The van der Waals surface area contributed by atoms with Crippen LogP contribution in [0.1, 0.15) is 10.4 Å². The number of rotatable bonds is 0. The molecule has 0 aromatic heterocycles. The molecule has 0 spiro atoms. The summed E-state index contributed by atoms with van der Waals surface area (Å²) in [4.78, 5) is 11.3. The number of Topliss-reactive ketones (excluding diaryl/α,β-unsaturated/α-hetero) is 1. The van der Waals surface area contributed by atoms with Crippen molar-refractivity contribution < 1.29 is 9.53 Å². The highest BCUT2D eigenvalue weighted by Crippen LogP contribution is 2.42. The summed E-state index contributed by atoms with van der Waals surface area (Å²) in [5.74, 6) is 0.314. The zero-order chi connectivity index (χ0) is 9.59. The van der Waals surface area contributed by atoms with Gasteiger partial charge in [0, 0.05) is 0 Å². The third-order valence-corrected chi connectivity index (χ3v) is 3.38. The topological polar surface area (TPSA) is 26.3 Å². The summed E-state index contributed by atoms with van der Waals surface area (Å²) < 4.78 is 5.66. The van der Waals surface area contributed by atoms with Crippen LogP contribution in [0.4, 0.5) is 0 Å². The van der Waals surface area contributed by atoms with E-state index in [9.17, 15) is 4.79 Å². The Morgan fingerprint density at radius 1 is 1.38 bits per heavy atom. The fraction of sp³-hybridized carbons (Fsp3) is 0.125. The second-order valence-corrected chi connectivity index (χ2v) is 4.18. The van der Waals surface area contributed by atoms with Gasteiger partial charge in [-0.15, -0.1) is 0 Å². The molecular weight excluding hydrogens is 279 g/mol. The van der Waals surface area contributed by atoms with Gasteiger partial charge < -0.3 is 4.74 Å². The second-order valence-electron chi connectivity index (χ2n) is 2.57. The smallest absolute Gasteiger partial charge is 0.205 e. The van der Waals surface area contributed by atoms with E-state index in [1.54, 1.807) is 6.07 Å². The molecule has 1 aliphatic rings. The van der Waals surface area contributed by atoms with Crippen LogP contribution in [0.3, 0.4) is 0 Å². The molecule has 5 heteroatoms. The zero-order valence-electron chi connectivity index (χ0n) is 6.23. The van der Waals surface area contributed by atoms with Crippen LogP contribution in [-0.2, 0) is 0 Å². The monoisotopic (exact) mass is 280 g/mol. The summed E-state index contributed by atoms with van der Waals surface area (Å²) in [6.07, 6.45) is 0. The van der Waals surface area contributed by atoms with Gasteiger partial charge in [0.05, 0.1) is 20.1 Å². The first kappa shape index (κ1) is 9.31. The van der Waals surface area contributed by atoms with Crippen LogP contribution in [-0.4, -0.2) is 12.4 Å². The predicted molar refractivity (Wildman–Crippen MR) is 54.0 cm³/mol. The summed E-state index contributed by atoms with van der Waals surface area (Å²) in [7, 11) is 0. The summed E-state index contributed by atoms with van der Waals surface area (Å²) in [5.41, 5.74) is 0.442. The van der Waals surface area contributed by atoms with Crippen LogP contribution >= 0.6 is 39.1 Å². The van der Waals surface area contributed by atoms with Gasteiger partial charge in [-0.1, -0.05) is 23.2 Å². The average molecular weight is 282 g/mol. The summed E-state index contributed by atoms with van der Waals surface area (Å²) >= 11 is 14.9. The molecule has 0 amide bonds. The largest absolute Gasteiger partial charge is 0.483 e.